The van der Waals surface area contributed by atoms with E-state index in [1.807, 2.05) is 74.7 Å². The molecule has 0 saturated carbocycles. The monoisotopic (exact) mass is 1260 g/mol. The van der Waals surface area contributed by atoms with Crippen molar-refractivity contribution in [3.8, 4) is 0 Å². The van der Waals surface area contributed by atoms with Crippen LogP contribution in [0.15, 0.2) is 147 Å². The quantitative estimate of drug-likeness (QED) is 0.139. The Morgan fingerprint density at radius 2 is 0.940 bits per heavy atom. The zero-order chi connectivity index (χ0) is 60.5. The van der Waals surface area contributed by atoms with Crippen LogP contribution in [0.1, 0.15) is 61.1 Å². The molecule has 1 fully saturated rings. The average Bonchev–Trinajstić information content (AvgIpc) is 2.88. The summed E-state index contributed by atoms with van der Waals surface area (Å²) in [6, 6.07) is 25.4. The van der Waals surface area contributed by atoms with Gasteiger partial charge in [0.2, 0.25) is 0 Å². The second kappa shape index (κ2) is 25.0. The van der Waals surface area contributed by atoms with Crippen LogP contribution >= 0.6 is 49.9 Å². The number of aliphatic hydroxyl groups excluding tert-OH is 1. The van der Waals surface area contributed by atoms with Gasteiger partial charge >= 0.3 is 7.12 Å². The van der Waals surface area contributed by atoms with Crippen molar-refractivity contribution >= 4 is 126 Å². The molecule has 23 heteroatoms. The summed E-state index contributed by atoms with van der Waals surface area (Å²) < 4.78 is 66.4. The van der Waals surface area contributed by atoms with Gasteiger partial charge in [0.1, 0.15) is 34.0 Å². The molecule has 1 N–H and O–H groups in total. The minimum atomic E-state index is -0.338. The Kier molecular flexibility index (Phi) is 18.2. The third-order valence-corrected chi connectivity index (χ3v) is 19.0. The molecule has 0 radical (unpaired) electrons. The van der Waals surface area contributed by atoms with Crippen LogP contribution in [0.2, 0.25) is 0 Å². The molecule has 1 saturated heterocycles. The van der Waals surface area contributed by atoms with Crippen LogP contribution in [0.3, 0.4) is 0 Å². The van der Waals surface area contributed by atoms with Gasteiger partial charge in [0.15, 0.2) is 0 Å². The zero-order valence-corrected chi connectivity index (χ0v) is 51.7. The third-order valence-electron chi connectivity index (χ3n) is 14.9. The van der Waals surface area contributed by atoms with E-state index in [1.54, 1.807) is 119 Å². The molecular weight excluding hydrogens is 1200 g/mol. The molecule has 12 aromatic rings. The number of halogens is 4. The van der Waals surface area contributed by atoms with Crippen LogP contribution in [-0.2, 0) is 56.5 Å². The standard InChI is InChI=1S/C18H16FN3OS.C18H14FN3OS.C16H11BrFN3OS.C8H15BO2.CH4O/c2*1-3-12-8-15-17(24-12)13-9-20-22(18(23)16(13)21(15)2)10-11-6-4-5-7-14(11)19;1-20-12-6-13(17)23-15(12)10-7-19-21(16(22)14(10)20)8-9-4-2-3-5-11(9)18;1-6-9-10-7(2,3)8(4,5)11-9;1-2/h4-9H,3,10H2,1-2H3;3-9H,1,10H2,2H3;2-7H,8H2,1H3;6H,1H2,2-5H3;2H,1H3. The van der Waals surface area contributed by atoms with Crippen LogP contribution in [0.4, 0.5) is 13.2 Å². The predicted molar refractivity (Wildman–Crippen MR) is 339 cm³/mol. The molecule has 0 bridgehead atoms. The third kappa shape index (κ3) is 11.7. The molecule has 9 aromatic heterocycles. The zero-order valence-electron chi connectivity index (χ0n) is 47.6. The van der Waals surface area contributed by atoms with Crippen LogP contribution in [0, 0.1) is 17.5 Å². The fraction of sp³-hybridized carbons (Fsp3) is 0.246. The van der Waals surface area contributed by atoms with E-state index in [4.69, 9.17) is 14.4 Å². The van der Waals surface area contributed by atoms with Gasteiger partial charge in [0.05, 0.1) is 83.9 Å². The van der Waals surface area contributed by atoms with Crippen molar-refractivity contribution in [3.05, 3.63) is 207 Å². The van der Waals surface area contributed by atoms with Crippen molar-refractivity contribution in [2.24, 2.45) is 21.1 Å². The minimum Gasteiger partial charge on any atom is -0.400 e. The lowest BCUT2D eigenvalue weighted by atomic mass is 9.90. The molecule has 1 aliphatic heterocycles. The van der Waals surface area contributed by atoms with Crippen LogP contribution in [0.25, 0.3) is 69.4 Å². The van der Waals surface area contributed by atoms with Crippen molar-refractivity contribution in [1.29, 1.82) is 0 Å². The van der Waals surface area contributed by atoms with E-state index in [0.717, 1.165) is 69.0 Å². The topological polar surface area (TPSA) is 158 Å². The maximum atomic E-state index is 13.9. The van der Waals surface area contributed by atoms with Crippen LogP contribution in [-0.4, -0.2) is 73.6 Å². The van der Waals surface area contributed by atoms with Crippen molar-refractivity contribution in [1.82, 2.24) is 43.0 Å². The van der Waals surface area contributed by atoms with Gasteiger partial charge < -0.3 is 28.1 Å². The molecule has 434 valence electrons. The fourth-order valence-corrected chi connectivity index (χ4v) is 13.6. The van der Waals surface area contributed by atoms with Gasteiger partial charge in [0, 0.05) is 70.9 Å². The molecule has 3 aromatic carbocycles. The highest BCUT2D eigenvalue weighted by molar-refractivity contribution is 9.11. The number of aliphatic hydroxyl groups is 1. The van der Waals surface area contributed by atoms with Gasteiger partial charge in [-0.2, -0.15) is 15.3 Å². The molecule has 0 aliphatic carbocycles. The van der Waals surface area contributed by atoms with Gasteiger partial charge in [-0.25, -0.2) is 27.2 Å². The lowest BCUT2D eigenvalue weighted by molar-refractivity contribution is 0.00578. The Bertz CT molecular complexity index is 4630. The number of hydrogen-bond acceptors (Lipinski definition) is 12. The lowest BCUT2D eigenvalue weighted by Crippen LogP contribution is -2.41. The molecule has 1 aliphatic rings. The van der Waals surface area contributed by atoms with Crippen molar-refractivity contribution < 1.29 is 27.6 Å². The number of thiophene rings is 3. The van der Waals surface area contributed by atoms with Gasteiger partial charge in [-0.05, 0) is 86.4 Å². The van der Waals surface area contributed by atoms with Gasteiger partial charge in [0.25, 0.3) is 16.7 Å². The molecule has 15 nitrogen and oxygen atoms in total. The average molecular weight is 1260 g/mol. The number of nitrogens with zero attached hydrogens (tertiary/aromatic N) is 9. The summed E-state index contributed by atoms with van der Waals surface area (Å²) in [5, 5.41) is 22.3. The van der Waals surface area contributed by atoms with E-state index in [0.29, 0.717) is 33.2 Å². The number of aromatic nitrogens is 9. The Morgan fingerprint density at radius 3 is 1.30 bits per heavy atom. The Balaban J connectivity index is 0.000000137. The Labute approximate surface area is 501 Å². The summed E-state index contributed by atoms with van der Waals surface area (Å²) >= 11 is 8.32. The fourth-order valence-electron chi connectivity index (χ4n) is 9.74. The first-order valence-corrected chi connectivity index (χ1v) is 29.7. The summed E-state index contributed by atoms with van der Waals surface area (Å²) in [5.74, 6) is 0.677. The number of fused-ring (bicyclic) bond motifs is 9. The van der Waals surface area contributed by atoms with Crippen molar-refractivity contribution in [2.75, 3.05) is 7.11 Å². The van der Waals surface area contributed by atoms with E-state index in [-0.39, 0.29) is 72.1 Å². The molecule has 0 atom stereocenters. The van der Waals surface area contributed by atoms with Gasteiger partial charge in [-0.15, -0.1) is 40.6 Å². The van der Waals surface area contributed by atoms with Gasteiger partial charge in [-0.3, -0.25) is 14.4 Å². The Hall–Kier alpha value is -7.51. The maximum Gasteiger partial charge on any atom is 0.486 e. The molecular formula is C61H60BBrF3N9O6S3. The minimum absolute atomic E-state index is 0.109. The first-order chi connectivity index (χ1) is 40.1. The van der Waals surface area contributed by atoms with E-state index in [1.165, 1.54) is 37.1 Å². The Morgan fingerprint density at radius 1 is 0.583 bits per heavy atom. The smallest absolute Gasteiger partial charge is 0.400 e. The molecule has 0 amide bonds. The number of benzene rings is 3. The maximum absolute atomic E-state index is 13.9. The number of rotatable bonds is 9. The first kappa shape index (κ1) is 61.1. The SMILES string of the molecule is C=CB1OC(C)(C)C(C)(C)O1.C=Cc1cc2c(s1)c1cnn(Cc3ccccc3F)c(=O)c1n2C.CCc1cc2c(s1)c1cnn(Cc3ccccc3F)c(=O)c1n2C.CO.Cn1c2cc(Br)sc2c2cnn(Cc3ccccc3F)c(=O)c21. The first-order valence-electron chi connectivity index (χ1n) is 26.5. The van der Waals surface area contributed by atoms with Crippen molar-refractivity contribution in [2.45, 2.75) is 71.9 Å². The summed E-state index contributed by atoms with van der Waals surface area (Å²) in [6.45, 7) is 18.0. The van der Waals surface area contributed by atoms with Crippen molar-refractivity contribution in [3.63, 3.8) is 0 Å². The van der Waals surface area contributed by atoms with E-state index < -0.39 is 0 Å². The lowest BCUT2D eigenvalue weighted by Gasteiger charge is -2.32. The molecule has 13 rings (SSSR count). The number of aryl methyl sites for hydroxylation is 4. The molecule has 10 heterocycles. The van der Waals surface area contributed by atoms with E-state index >= 15 is 0 Å². The normalized spacial score (nSPS) is 13.4. The highest BCUT2D eigenvalue weighted by Gasteiger charge is 2.49. The summed E-state index contributed by atoms with van der Waals surface area (Å²) in [7, 11) is 6.36. The second-order valence-corrected chi connectivity index (χ2v) is 25.2. The molecule has 0 spiro atoms. The van der Waals surface area contributed by atoms with Gasteiger partial charge in [-0.1, -0.05) is 80.2 Å². The highest BCUT2D eigenvalue weighted by atomic mass is 79.9. The predicted octanol–water partition coefficient (Wildman–Crippen LogP) is 12.8. The summed E-state index contributed by atoms with van der Waals surface area (Å²) in [4.78, 5) is 40.8. The van der Waals surface area contributed by atoms with Crippen LogP contribution in [0.5, 0.6) is 0 Å². The highest BCUT2D eigenvalue weighted by Crippen LogP contribution is 2.38. The largest absolute Gasteiger partial charge is 0.486 e. The second-order valence-electron chi connectivity index (χ2n) is 20.5. The van der Waals surface area contributed by atoms with Crippen LogP contribution < -0.4 is 16.7 Å². The molecule has 84 heavy (non-hydrogen) atoms. The van der Waals surface area contributed by atoms with E-state index in [9.17, 15) is 27.6 Å². The van der Waals surface area contributed by atoms with E-state index in [2.05, 4.69) is 57.4 Å². The summed E-state index contributed by atoms with van der Waals surface area (Å²) in [6.07, 6.45) is 7.85. The number of hydrogen-bond donors (Lipinski definition) is 1. The molecule has 0 unspecified atom stereocenters. The summed E-state index contributed by atoms with van der Waals surface area (Å²) in [5.41, 5.74) is 5.05.